The van der Waals surface area contributed by atoms with Crippen LogP contribution in [-0.4, -0.2) is 22.8 Å². The highest BCUT2D eigenvalue weighted by Crippen LogP contribution is 2.39. The number of carbonyl (C=O) groups excluding carboxylic acids is 3. The molecule has 0 atom stereocenters. The van der Waals surface area contributed by atoms with E-state index in [1.54, 1.807) is 0 Å². The van der Waals surface area contributed by atoms with Crippen LogP contribution in [0.5, 0.6) is 0 Å². The van der Waals surface area contributed by atoms with Crippen LogP contribution in [-0.2, 0) is 12.8 Å². The number of anilines is 1. The zero-order chi connectivity index (χ0) is 18.3. The molecule has 4 amide bonds. The van der Waals surface area contributed by atoms with Crippen molar-refractivity contribution < 1.29 is 14.4 Å². The lowest BCUT2D eigenvalue weighted by Crippen LogP contribution is -2.35. The summed E-state index contributed by atoms with van der Waals surface area (Å²) < 4.78 is 0.915. The molecule has 4 rings (SSSR count). The van der Waals surface area contributed by atoms with Crippen molar-refractivity contribution in [1.82, 2.24) is 10.3 Å². The molecule has 0 aliphatic heterocycles. The van der Waals surface area contributed by atoms with Gasteiger partial charge in [0.25, 0.3) is 11.8 Å². The lowest BCUT2D eigenvalue weighted by Gasteiger charge is -2.06. The summed E-state index contributed by atoms with van der Waals surface area (Å²) in [6.45, 7) is 0. The van der Waals surface area contributed by atoms with Crippen molar-refractivity contribution >= 4 is 55.7 Å². The van der Waals surface area contributed by atoms with Gasteiger partial charge in [-0.2, -0.15) is 0 Å². The number of aromatic nitrogens is 1. The summed E-state index contributed by atoms with van der Waals surface area (Å²) in [5.74, 6) is -0.962. The molecule has 132 valence electrons. The fraction of sp³-hybridized carbons (Fsp3) is 0.176. The largest absolute Gasteiger partial charge is 0.351 e. The molecule has 0 spiro atoms. The first kappa shape index (κ1) is 16.7. The van der Waals surface area contributed by atoms with E-state index >= 15 is 0 Å². The lowest BCUT2D eigenvalue weighted by atomic mass is 10.1. The fourth-order valence-electron chi connectivity index (χ4n) is 3.03. The zero-order valence-corrected chi connectivity index (χ0v) is 15.1. The van der Waals surface area contributed by atoms with E-state index in [9.17, 15) is 14.4 Å². The summed E-state index contributed by atoms with van der Waals surface area (Å²) in [6, 6.07) is 6.57. The molecule has 0 bridgehead atoms. The molecule has 9 heteroatoms. The van der Waals surface area contributed by atoms with Crippen LogP contribution in [0.15, 0.2) is 24.3 Å². The Hall–Kier alpha value is -2.78. The monoisotopic (exact) mass is 386 g/mol. The lowest BCUT2D eigenvalue weighted by molar-refractivity contribution is 0.0966. The number of para-hydroxylation sites is 1. The summed E-state index contributed by atoms with van der Waals surface area (Å²) in [5, 5.41) is 5.63. The average Bonchev–Trinajstić information content (AvgIpc) is 3.26. The van der Waals surface area contributed by atoms with Crippen molar-refractivity contribution in [2.45, 2.75) is 19.3 Å². The number of fused-ring (bicyclic) bond motifs is 2. The maximum atomic E-state index is 12.6. The molecule has 0 radical (unpaired) electrons. The number of nitrogens with zero attached hydrogens (tertiary/aromatic N) is 1. The van der Waals surface area contributed by atoms with Gasteiger partial charge in [-0.15, -0.1) is 22.7 Å². The topological polar surface area (TPSA) is 114 Å². The highest BCUT2D eigenvalue weighted by molar-refractivity contribution is 7.20. The molecular weight excluding hydrogens is 372 g/mol. The van der Waals surface area contributed by atoms with Crippen molar-refractivity contribution in [2.75, 3.05) is 5.32 Å². The quantitative estimate of drug-likeness (QED) is 0.642. The van der Waals surface area contributed by atoms with Gasteiger partial charge < -0.3 is 11.1 Å². The fourth-order valence-corrected chi connectivity index (χ4v) is 5.18. The summed E-state index contributed by atoms with van der Waals surface area (Å²) in [6.07, 6.45) is 2.54. The predicted molar refractivity (Wildman–Crippen MR) is 101 cm³/mol. The molecule has 1 aliphatic carbocycles. The molecule has 0 fully saturated rings. The number of rotatable bonds is 3. The number of imide groups is 1. The Balaban J connectivity index is 1.66. The van der Waals surface area contributed by atoms with Gasteiger partial charge in [-0.25, -0.2) is 9.78 Å². The second-order valence-electron chi connectivity index (χ2n) is 5.82. The smallest absolute Gasteiger partial charge is 0.319 e. The van der Waals surface area contributed by atoms with Gasteiger partial charge in [0.15, 0.2) is 5.01 Å². The van der Waals surface area contributed by atoms with Crippen LogP contribution in [0.3, 0.4) is 0 Å². The number of amides is 4. The first-order valence-electron chi connectivity index (χ1n) is 7.95. The van der Waals surface area contributed by atoms with Gasteiger partial charge in [0.1, 0.15) is 5.00 Å². The van der Waals surface area contributed by atoms with E-state index in [-0.39, 0.29) is 5.91 Å². The molecule has 0 saturated heterocycles. The normalized spacial score (nSPS) is 12.8. The molecule has 0 unspecified atom stereocenters. The van der Waals surface area contributed by atoms with Crippen LogP contribution in [0.1, 0.15) is 37.0 Å². The van der Waals surface area contributed by atoms with E-state index in [0.29, 0.717) is 15.6 Å². The van der Waals surface area contributed by atoms with E-state index in [2.05, 4.69) is 15.6 Å². The van der Waals surface area contributed by atoms with Crippen molar-refractivity contribution in [1.29, 1.82) is 0 Å². The minimum absolute atomic E-state index is 0.320. The molecule has 1 aromatic carbocycles. The molecule has 26 heavy (non-hydrogen) atoms. The van der Waals surface area contributed by atoms with E-state index in [1.807, 2.05) is 24.3 Å². The third-order valence-electron chi connectivity index (χ3n) is 4.10. The first-order valence-corrected chi connectivity index (χ1v) is 9.58. The van der Waals surface area contributed by atoms with E-state index in [1.165, 1.54) is 22.7 Å². The number of nitrogens with one attached hydrogen (secondary N) is 2. The number of urea groups is 1. The number of nitrogens with two attached hydrogens (primary N) is 1. The Kier molecular flexibility index (Phi) is 4.17. The Morgan fingerprint density at radius 3 is 2.65 bits per heavy atom. The number of benzene rings is 1. The molecule has 4 N–H and O–H groups in total. The molecular formula is C17H14N4O3S2. The second kappa shape index (κ2) is 6.50. The van der Waals surface area contributed by atoms with Crippen molar-refractivity contribution in [2.24, 2.45) is 5.73 Å². The summed E-state index contributed by atoms with van der Waals surface area (Å²) in [7, 11) is 0. The molecule has 3 aromatic rings. The molecule has 2 heterocycles. The number of primary amides is 1. The second-order valence-corrected chi connectivity index (χ2v) is 7.96. The van der Waals surface area contributed by atoms with E-state index in [4.69, 9.17) is 5.73 Å². The number of hydrogen-bond acceptors (Lipinski definition) is 6. The highest BCUT2D eigenvalue weighted by atomic mass is 32.1. The summed E-state index contributed by atoms with van der Waals surface area (Å²) >= 11 is 2.65. The highest BCUT2D eigenvalue weighted by Gasteiger charge is 2.28. The summed E-state index contributed by atoms with van der Waals surface area (Å²) in [4.78, 5) is 41.5. The molecule has 2 aromatic heterocycles. The zero-order valence-electron chi connectivity index (χ0n) is 13.5. The average molecular weight is 386 g/mol. The van der Waals surface area contributed by atoms with Gasteiger partial charge in [-0.3, -0.25) is 14.9 Å². The van der Waals surface area contributed by atoms with Crippen LogP contribution in [0, 0.1) is 0 Å². The Bertz CT molecular complexity index is 1020. The molecule has 0 saturated carbocycles. The van der Waals surface area contributed by atoms with Crippen LogP contribution < -0.4 is 16.4 Å². The van der Waals surface area contributed by atoms with Crippen LogP contribution in [0.2, 0.25) is 0 Å². The maximum Gasteiger partial charge on any atom is 0.319 e. The van der Waals surface area contributed by atoms with E-state index < -0.39 is 11.9 Å². The number of hydrogen-bond donors (Lipinski definition) is 3. The van der Waals surface area contributed by atoms with Gasteiger partial charge >= 0.3 is 6.03 Å². The first-order chi connectivity index (χ1) is 12.5. The molecule has 7 nitrogen and oxygen atoms in total. The Morgan fingerprint density at radius 1 is 1.08 bits per heavy atom. The van der Waals surface area contributed by atoms with Gasteiger partial charge in [0, 0.05) is 4.88 Å². The molecule has 1 aliphatic rings. The summed E-state index contributed by atoms with van der Waals surface area (Å²) in [5.41, 5.74) is 7.03. The van der Waals surface area contributed by atoms with Crippen LogP contribution in [0.4, 0.5) is 9.80 Å². The van der Waals surface area contributed by atoms with Gasteiger partial charge in [0.05, 0.1) is 15.8 Å². The van der Waals surface area contributed by atoms with Crippen LogP contribution in [0.25, 0.3) is 10.2 Å². The van der Waals surface area contributed by atoms with Gasteiger partial charge in [-0.1, -0.05) is 12.1 Å². The Labute approximate surface area is 156 Å². The van der Waals surface area contributed by atoms with Gasteiger partial charge in [0.2, 0.25) is 0 Å². The third kappa shape index (κ3) is 2.95. The SMILES string of the molecule is NC(=O)NC(=O)c1c(NC(=O)c2nc3ccccc3s2)sc2c1CCC2. The minimum Gasteiger partial charge on any atom is -0.351 e. The maximum absolute atomic E-state index is 12.6. The van der Waals surface area contributed by atoms with Crippen LogP contribution >= 0.6 is 22.7 Å². The number of carbonyl (C=O) groups is 3. The Morgan fingerprint density at radius 2 is 1.88 bits per heavy atom. The number of thiophene rings is 1. The number of thiazole rings is 1. The number of aryl methyl sites for hydroxylation is 1. The van der Waals surface area contributed by atoms with Crippen molar-refractivity contribution in [3.8, 4) is 0 Å². The van der Waals surface area contributed by atoms with E-state index in [0.717, 1.165) is 39.9 Å². The van der Waals surface area contributed by atoms with Crippen molar-refractivity contribution in [3.63, 3.8) is 0 Å². The third-order valence-corrected chi connectivity index (χ3v) is 6.34. The van der Waals surface area contributed by atoms with Gasteiger partial charge in [-0.05, 0) is 37.0 Å². The minimum atomic E-state index is -0.920. The standard InChI is InChI=1S/C17H14N4O3S2/c18-17(24)21-13(22)12-8-4-3-7-10(8)25-15(12)20-14(23)16-19-9-5-1-2-6-11(9)26-16/h1-2,5-6H,3-4,7H2,(H,20,23)(H3,18,21,22,24). The van der Waals surface area contributed by atoms with Crippen molar-refractivity contribution in [3.05, 3.63) is 45.3 Å². The predicted octanol–water partition coefficient (Wildman–Crippen LogP) is 2.91.